The minimum Gasteiger partial charge on any atom is -0.480 e. The second-order valence-corrected chi connectivity index (χ2v) is 6.33. The number of carboxylic acid groups (broad SMARTS) is 1. The zero-order chi connectivity index (χ0) is 16.9. The predicted octanol–water partition coefficient (Wildman–Crippen LogP) is 1.30. The summed E-state index contributed by atoms with van der Waals surface area (Å²) in [5, 5.41) is 11.2. The number of hydrogen-bond donors (Lipinski definition) is 3. The van der Waals surface area contributed by atoms with Gasteiger partial charge in [0.25, 0.3) is 5.91 Å². The molecule has 0 radical (unpaired) electrons. The first-order chi connectivity index (χ1) is 10.9. The zero-order valence-electron chi connectivity index (χ0n) is 11.9. The Morgan fingerprint density at radius 2 is 1.57 bits per heavy atom. The van der Waals surface area contributed by atoms with Gasteiger partial charge in [-0.15, -0.1) is 0 Å². The summed E-state index contributed by atoms with van der Waals surface area (Å²) in [7, 11) is -3.92. The van der Waals surface area contributed by atoms with Crippen LogP contribution in [0.3, 0.4) is 0 Å². The number of rotatable bonds is 6. The van der Waals surface area contributed by atoms with Crippen molar-refractivity contribution in [2.24, 2.45) is 0 Å². The molecule has 0 heterocycles. The van der Waals surface area contributed by atoms with Crippen LogP contribution in [0.2, 0.25) is 0 Å². The number of benzene rings is 2. The first-order valence-electron chi connectivity index (χ1n) is 6.56. The Labute approximate surface area is 133 Å². The summed E-state index contributed by atoms with van der Waals surface area (Å²) in [6.45, 7) is -0.710. The van der Waals surface area contributed by atoms with E-state index in [0.29, 0.717) is 5.69 Å². The van der Waals surface area contributed by atoms with E-state index in [1.165, 1.54) is 24.3 Å². The molecule has 0 unspecified atom stereocenters. The third-order valence-corrected chi connectivity index (χ3v) is 4.29. The average molecular weight is 334 g/mol. The van der Waals surface area contributed by atoms with Gasteiger partial charge < -0.3 is 10.4 Å². The molecule has 0 aliphatic heterocycles. The van der Waals surface area contributed by atoms with Crippen LogP contribution in [0.4, 0.5) is 5.69 Å². The number of para-hydroxylation sites is 1. The van der Waals surface area contributed by atoms with Crippen LogP contribution in [0.5, 0.6) is 0 Å². The van der Waals surface area contributed by atoms with E-state index < -0.39 is 22.5 Å². The molecule has 0 spiro atoms. The van der Waals surface area contributed by atoms with Gasteiger partial charge in [-0.05, 0) is 36.4 Å². The molecule has 0 aliphatic carbocycles. The zero-order valence-corrected chi connectivity index (χ0v) is 12.7. The van der Waals surface area contributed by atoms with Gasteiger partial charge in [0.05, 0.1) is 4.90 Å². The molecular formula is C15H14N2O5S. The number of hydrogen-bond acceptors (Lipinski definition) is 4. The fourth-order valence-corrected chi connectivity index (χ4v) is 2.72. The highest BCUT2D eigenvalue weighted by Gasteiger charge is 2.16. The van der Waals surface area contributed by atoms with E-state index in [-0.39, 0.29) is 16.4 Å². The lowest BCUT2D eigenvalue weighted by atomic mass is 10.2. The molecule has 8 heteroatoms. The fraction of sp³-hybridized carbons (Fsp3) is 0.0667. The van der Waals surface area contributed by atoms with Crippen LogP contribution in [0.15, 0.2) is 59.5 Å². The Morgan fingerprint density at radius 3 is 2.13 bits per heavy atom. The van der Waals surface area contributed by atoms with E-state index in [9.17, 15) is 18.0 Å². The monoisotopic (exact) mass is 334 g/mol. The van der Waals surface area contributed by atoms with E-state index in [1.54, 1.807) is 24.3 Å². The predicted molar refractivity (Wildman–Crippen MR) is 83.7 cm³/mol. The number of carbonyl (C=O) groups excluding carboxylic acids is 1. The Morgan fingerprint density at radius 1 is 0.957 bits per heavy atom. The molecule has 0 fully saturated rings. The molecule has 2 aromatic rings. The third-order valence-electron chi connectivity index (χ3n) is 2.87. The van der Waals surface area contributed by atoms with Crippen molar-refractivity contribution in [1.82, 2.24) is 4.72 Å². The maximum Gasteiger partial charge on any atom is 0.318 e. The maximum absolute atomic E-state index is 12.0. The number of sulfonamides is 1. The van der Waals surface area contributed by atoms with E-state index in [2.05, 4.69) is 5.32 Å². The highest BCUT2D eigenvalue weighted by atomic mass is 32.2. The number of aliphatic carboxylic acids is 1. The summed E-state index contributed by atoms with van der Waals surface area (Å²) >= 11 is 0. The summed E-state index contributed by atoms with van der Waals surface area (Å²) in [4.78, 5) is 22.3. The van der Waals surface area contributed by atoms with Gasteiger partial charge in [-0.2, -0.15) is 4.72 Å². The van der Waals surface area contributed by atoms with Gasteiger partial charge in [-0.3, -0.25) is 9.59 Å². The van der Waals surface area contributed by atoms with Crippen molar-refractivity contribution in [3.63, 3.8) is 0 Å². The standard InChI is InChI=1S/C15H14N2O5S/c18-14(19)10-16-23(21,22)13-8-6-11(7-9-13)15(20)17-12-4-2-1-3-5-12/h1-9,16H,10H2,(H,17,20)(H,18,19). The van der Waals surface area contributed by atoms with Crippen molar-refractivity contribution < 1.29 is 23.1 Å². The number of nitrogens with one attached hydrogen (secondary N) is 2. The van der Waals surface area contributed by atoms with Gasteiger partial charge in [0.15, 0.2) is 0 Å². The van der Waals surface area contributed by atoms with Gasteiger partial charge >= 0.3 is 5.97 Å². The van der Waals surface area contributed by atoms with Gasteiger partial charge in [0, 0.05) is 11.3 Å². The Kier molecular flexibility index (Phi) is 5.09. The van der Waals surface area contributed by atoms with Crippen LogP contribution < -0.4 is 10.0 Å². The fourth-order valence-electron chi connectivity index (χ4n) is 1.75. The lowest BCUT2D eigenvalue weighted by molar-refractivity contribution is -0.135. The highest BCUT2D eigenvalue weighted by Crippen LogP contribution is 2.13. The smallest absolute Gasteiger partial charge is 0.318 e. The molecule has 0 bridgehead atoms. The van der Waals surface area contributed by atoms with Crippen LogP contribution in [0, 0.1) is 0 Å². The molecule has 0 saturated heterocycles. The molecule has 2 rings (SSSR count). The number of carbonyl (C=O) groups is 2. The first kappa shape index (κ1) is 16.7. The second-order valence-electron chi connectivity index (χ2n) is 4.56. The highest BCUT2D eigenvalue weighted by molar-refractivity contribution is 7.89. The molecule has 1 amide bonds. The Balaban J connectivity index is 2.10. The van der Waals surface area contributed by atoms with E-state index in [0.717, 1.165) is 0 Å². The maximum atomic E-state index is 12.0. The Hall–Kier alpha value is -2.71. The minimum atomic E-state index is -3.92. The number of carboxylic acids is 1. The normalized spacial score (nSPS) is 11.0. The van der Waals surface area contributed by atoms with Crippen molar-refractivity contribution in [1.29, 1.82) is 0 Å². The Bertz CT molecular complexity index is 802. The van der Waals surface area contributed by atoms with Gasteiger partial charge in [0.2, 0.25) is 10.0 Å². The second kappa shape index (κ2) is 7.03. The molecule has 7 nitrogen and oxygen atoms in total. The van der Waals surface area contributed by atoms with Crippen molar-refractivity contribution in [3.8, 4) is 0 Å². The summed E-state index contributed by atoms with van der Waals surface area (Å²) in [5.41, 5.74) is 0.906. The number of anilines is 1. The van der Waals surface area contributed by atoms with Gasteiger partial charge in [-0.25, -0.2) is 8.42 Å². The average Bonchev–Trinajstić information content (AvgIpc) is 2.54. The molecule has 0 aliphatic rings. The summed E-state index contributed by atoms with van der Waals surface area (Å²) < 4.78 is 25.6. The molecule has 0 saturated carbocycles. The topological polar surface area (TPSA) is 113 Å². The summed E-state index contributed by atoms with van der Waals surface area (Å²) in [6, 6.07) is 14.0. The van der Waals surface area contributed by atoms with E-state index >= 15 is 0 Å². The quantitative estimate of drug-likeness (QED) is 0.737. The van der Waals surface area contributed by atoms with Gasteiger partial charge in [0.1, 0.15) is 6.54 Å². The molecule has 0 atom stereocenters. The molecule has 2 aromatic carbocycles. The molecule has 0 aromatic heterocycles. The van der Waals surface area contributed by atoms with Crippen molar-refractivity contribution in [3.05, 3.63) is 60.2 Å². The van der Waals surface area contributed by atoms with Crippen LogP contribution in [0.25, 0.3) is 0 Å². The summed E-state index contributed by atoms with van der Waals surface area (Å²) in [6.07, 6.45) is 0. The molecule has 3 N–H and O–H groups in total. The molecule has 23 heavy (non-hydrogen) atoms. The molecule has 120 valence electrons. The third kappa shape index (κ3) is 4.63. The van der Waals surface area contributed by atoms with Crippen LogP contribution in [0.1, 0.15) is 10.4 Å². The van der Waals surface area contributed by atoms with Crippen molar-refractivity contribution >= 4 is 27.6 Å². The van der Waals surface area contributed by atoms with E-state index in [1.807, 2.05) is 10.8 Å². The SMILES string of the molecule is O=C(O)CNS(=O)(=O)c1ccc(C(=O)Nc2ccccc2)cc1. The van der Waals surface area contributed by atoms with Crippen LogP contribution >= 0.6 is 0 Å². The largest absolute Gasteiger partial charge is 0.480 e. The lowest BCUT2D eigenvalue weighted by Crippen LogP contribution is -2.29. The molecular weight excluding hydrogens is 320 g/mol. The first-order valence-corrected chi connectivity index (χ1v) is 8.05. The lowest BCUT2D eigenvalue weighted by Gasteiger charge is -2.07. The number of amides is 1. The van der Waals surface area contributed by atoms with Crippen LogP contribution in [-0.4, -0.2) is 31.9 Å². The van der Waals surface area contributed by atoms with E-state index in [4.69, 9.17) is 5.11 Å². The van der Waals surface area contributed by atoms with Gasteiger partial charge in [-0.1, -0.05) is 18.2 Å². The minimum absolute atomic E-state index is 0.116. The van der Waals surface area contributed by atoms with Crippen LogP contribution in [-0.2, 0) is 14.8 Å². The van der Waals surface area contributed by atoms with Crippen molar-refractivity contribution in [2.45, 2.75) is 4.90 Å². The summed E-state index contributed by atoms with van der Waals surface area (Å²) in [5.74, 6) is -1.66. The van der Waals surface area contributed by atoms with Crippen molar-refractivity contribution in [2.75, 3.05) is 11.9 Å².